The van der Waals surface area contributed by atoms with Gasteiger partial charge in [-0.3, -0.25) is 0 Å². The van der Waals surface area contributed by atoms with Crippen molar-refractivity contribution in [3.63, 3.8) is 0 Å². The quantitative estimate of drug-likeness (QED) is 0.600. The maximum absolute atomic E-state index is 13.5. The molecule has 0 aromatic heterocycles. The Balaban J connectivity index is 0.000000228. The van der Waals surface area contributed by atoms with E-state index in [4.69, 9.17) is 0 Å². The largest absolute Gasteiger partial charge is 0.248 e. The number of rotatable bonds is 3. The van der Waals surface area contributed by atoms with Crippen LogP contribution in [0.3, 0.4) is 0 Å². The number of aliphatic imine (C=N–C) groups is 1. The van der Waals surface area contributed by atoms with Crippen molar-refractivity contribution in [3.05, 3.63) is 107 Å². The Morgan fingerprint density at radius 2 is 1.73 bits per heavy atom. The maximum atomic E-state index is 13.5. The monoisotopic (exact) mass is 347 g/mol. The Morgan fingerprint density at radius 1 is 1.08 bits per heavy atom. The normalized spacial score (nSPS) is 12.9. The molecule has 134 valence electrons. The third kappa shape index (κ3) is 4.89. The first-order chi connectivity index (χ1) is 12.3. The molecule has 0 saturated carbocycles. The minimum atomic E-state index is -0.215. The minimum Gasteiger partial charge on any atom is -0.248 e. The van der Waals surface area contributed by atoms with Gasteiger partial charge in [-0.15, -0.1) is 0 Å². The first-order valence-corrected chi connectivity index (χ1v) is 8.79. The van der Waals surface area contributed by atoms with Crippen LogP contribution in [0.15, 0.2) is 83.5 Å². The lowest BCUT2D eigenvalue weighted by Gasteiger charge is -2.00. The van der Waals surface area contributed by atoms with E-state index in [1.165, 1.54) is 17.2 Å². The smallest absolute Gasteiger partial charge is 0.126 e. The van der Waals surface area contributed by atoms with Gasteiger partial charge in [-0.05, 0) is 56.0 Å². The van der Waals surface area contributed by atoms with E-state index in [0.29, 0.717) is 11.3 Å². The molecule has 0 amide bonds. The van der Waals surface area contributed by atoms with Crippen molar-refractivity contribution in [2.75, 3.05) is 0 Å². The SMILES string of the molecule is C=C(C)C1=CC(c2ccc(C)c(F)c2)=NC1=C.CCc1ccc(C)cc1. The molecule has 1 aliphatic heterocycles. The molecule has 0 atom stereocenters. The molecule has 0 aliphatic carbocycles. The summed E-state index contributed by atoms with van der Waals surface area (Å²) < 4.78 is 13.5. The van der Waals surface area contributed by atoms with E-state index in [9.17, 15) is 4.39 Å². The predicted octanol–water partition coefficient (Wildman–Crippen LogP) is 6.51. The molecule has 0 spiro atoms. The van der Waals surface area contributed by atoms with Crippen molar-refractivity contribution < 1.29 is 4.39 Å². The third-order valence-electron chi connectivity index (χ3n) is 4.30. The van der Waals surface area contributed by atoms with Crippen LogP contribution in [-0.2, 0) is 6.42 Å². The molecule has 0 saturated heterocycles. The third-order valence-corrected chi connectivity index (χ3v) is 4.30. The molecule has 0 unspecified atom stereocenters. The zero-order chi connectivity index (χ0) is 19.3. The zero-order valence-corrected chi connectivity index (χ0v) is 16.1. The summed E-state index contributed by atoms with van der Waals surface area (Å²) >= 11 is 0. The minimum absolute atomic E-state index is 0.215. The van der Waals surface area contributed by atoms with Crippen LogP contribution in [0.25, 0.3) is 0 Å². The first-order valence-electron chi connectivity index (χ1n) is 8.79. The molecule has 0 N–H and O–H groups in total. The van der Waals surface area contributed by atoms with Crippen LogP contribution < -0.4 is 0 Å². The van der Waals surface area contributed by atoms with E-state index in [-0.39, 0.29) is 5.82 Å². The highest BCUT2D eigenvalue weighted by Crippen LogP contribution is 2.26. The van der Waals surface area contributed by atoms with Gasteiger partial charge >= 0.3 is 0 Å². The molecule has 0 fully saturated rings. The van der Waals surface area contributed by atoms with Gasteiger partial charge < -0.3 is 0 Å². The molecular weight excluding hydrogens is 321 g/mol. The molecule has 0 radical (unpaired) electrons. The molecule has 0 bridgehead atoms. The highest BCUT2D eigenvalue weighted by atomic mass is 19.1. The average Bonchev–Trinajstić information content (AvgIpc) is 3.01. The van der Waals surface area contributed by atoms with Crippen LogP contribution in [0.2, 0.25) is 0 Å². The van der Waals surface area contributed by atoms with Crippen molar-refractivity contribution in [2.24, 2.45) is 4.99 Å². The first kappa shape index (κ1) is 19.6. The lowest BCUT2D eigenvalue weighted by atomic mass is 10.0. The summed E-state index contributed by atoms with van der Waals surface area (Å²) in [5, 5.41) is 0. The molecule has 2 aromatic carbocycles. The van der Waals surface area contributed by atoms with Gasteiger partial charge in [-0.25, -0.2) is 9.38 Å². The Bertz CT molecular complexity index is 883. The molecule has 2 heteroatoms. The maximum Gasteiger partial charge on any atom is 0.126 e. The molecule has 1 nitrogen and oxygen atoms in total. The molecule has 1 heterocycles. The second-order valence-electron chi connectivity index (χ2n) is 6.59. The number of aryl methyl sites for hydroxylation is 3. The summed E-state index contributed by atoms with van der Waals surface area (Å²) in [6, 6.07) is 13.8. The Kier molecular flexibility index (Phi) is 6.46. The van der Waals surface area contributed by atoms with Crippen LogP contribution in [0, 0.1) is 19.7 Å². The fraction of sp³-hybridized carbons (Fsp3) is 0.208. The van der Waals surface area contributed by atoms with Crippen molar-refractivity contribution in [1.29, 1.82) is 0 Å². The average molecular weight is 347 g/mol. The van der Waals surface area contributed by atoms with E-state index < -0.39 is 0 Å². The van der Waals surface area contributed by atoms with Gasteiger partial charge in [-0.1, -0.05) is 62.0 Å². The van der Waals surface area contributed by atoms with Crippen LogP contribution >= 0.6 is 0 Å². The molecule has 1 aliphatic rings. The summed E-state index contributed by atoms with van der Waals surface area (Å²) in [6.07, 6.45) is 3.04. The fourth-order valence-electron chi connectivity index (χ4n) is 2.55. The van der Waals surface area contributed by atoms with Gasteiger partial charge in [0.05, 0.1) is 11.4 Å². The zero-order valence-electron chi connectivity index (χ0n) is 16.1. The van der Waals surface area contributed by atoms with Gasteiger partial charge in [0.15, 0.2) is 0 Å². The second-order valence-corrected chi connectivity index (χ2v) is 6.59. The predicted molar refractivity (Wildman–Crippen MR) is 110 cm³/mol. The van der Waals surface area contributed by atoms with Crippen LogP contribution in [0.4, 0.5) is 4.39 Å². The van der Waals surface area contributed by atoms with Gasteiger partial charge in [0.1, 0.15) is 5.82 Å². The summed E-state index contributed by atoms with van der Waals surface area (Å²) in [5.41, 5.74) is 7.44. The van der Waals surface area contributed by atoms with Gasteiger partial charge in [0.2, 0.25) is 0 Å². The number of halogens is 1. The number of nitrogens with zero attached hydrogens (tertiary/aromatic N) is 1. The second kappa shape index (κ2) is 8.57. The van der Waals surface area contributed by atoms with Crippen molar-refractivity contribution >= 4 is 5.71 Å². The summed E-state index contributed by atoms with van der Waals surface area (Å²) in [4.78, 5) is 4.33. The Labute approximate surface area is 156 Å². The summed E-state index contributed by atoms with van der Waals surface area (Å²) in [7, 11) is 0. The van der Waals surface area contributed by atoms with E-state index in [0.717, 1.165) is 28.8 Å². The highest BCUT2D eigenvalue weighted by molar-refractivity contribution is 6.12. The number of allylic oxidation sites excluding steroid dienone is 2. The van der Waals surface area contributed by atoms with Crippen molar-refractivity contribution in [1.82, 2.24) is 0 Å². The van der Waals surface area contributed by atoms with Crippen molar-refractivity contribution in [2.45, 2.75) is 34.1 Å². The van der Waals surface area contributed by atoms with Gasteiger partial charge in [0, 0.05) is 11.1 Å². The molecule has 26 heavy (non-hydrogen) atoms. The lowest BCUT2D eigenvalue weighted by molar-refractivity contribution is 0.618. The van der Waals surface area contributed by atoms with Gasteiger partial charge in [0.25, 0.3) is 0 Å². The molecule has 2 aromatic rings. The van der Waals surface area contributed by atoms with E-state index in [2.05, 4.69) is 56.3 Å². The number of hydrogen-bond donors (Lipinski definition) is 0. The Hall–Kier alpha value is -2.74. The number of hydrogen-bond acceptors (Lipinski definition) is 1. The lowest BCUT2D eigenvalue weighted by Crippen LogP contribution is -1.96. The number of benzene rings is 2. The standard InChI is InChI=1S/C15H14FN.C9H12/c1-9(2)13-8-15(17-11(13)4)12-6-5-10(3)14(16)7-12;1-3-9-6-4-8(2)5-7-9/h5-8H,1,4H2,2-3H3;4-7H,3H2,1-2H3. The molecule has 3 rings (SSSR count). The summed E-state index contributed by atoms with van der Waals surface area (Å²) in [6.45, 7) is 15.7. The van der Waals surface area contributed by atoms with E-state index in [1.54, 1.807) is 13.0 Å². The van der Waals surface area contributed by atoms with Crippen molar-refractivity contribution in [3.8, 4) is 0 Å². The van der Waals surface area contributed by atoms with Crippen LogP contribution in [0.5, 0.6) is 0 Å². The Morgan fingerprint density at radius 3 is 2.23 bits per heavy atom. The van der Waals surface area contributed by atoms with Crippen LogP contribution in [0.1, 0.15) is 36.1 Å². The van der Waals surface area contributed by atoms with E-state index in [1.807, 2.05) is 19.1 Å². The fourth-order valence-corrected chi connectivity index (χ4v) is 2.55. The topological polar surface area (TPSA) is 12.4 Å². The highest BCUT2D eigenvalue weighted by Gasteiger charge is 2.15. The summed E-state index contributed by atoms with van der Waals surface area (Å²) in [5.74, 6) is -0.215. The molecular formula is C24H26FN. The van der Waals surface area contributed by atoms with E-state index >= 15 is 0 Å². The van der Waals surface area contributed by atoms with Gasteiger partial charge in [-0.2, -0.15) is 0 Å². The van der Waals surface area contributed by atoms with Crippen LogP contribution in [-0.4, -0.2) is 5.71 Å².